The highest BCUT2D eigenvalue weighted by Gasteiger charge is 2.34. The largest absolute Gasteiger partial charge is 0.465 e. The summed E-state index contributed by atoms with van der Waals surface area (Å²) < 4.78 is 10.8. The molecule has 1 rings (SSSR count). The first-order chi connectivity index (χ1) is 9.01. The number of nitrogens with one attached hydrogen (secondary N) is 1. The highest BCUT2D eigenvalue weighted by Crippen LogP contribution is 2.26. The van der Waals surface area contributed by atoms with Gasteiger partial charge in [0.25, 0.3) is 0 Å². The van der Waals surface area contributed by atoms with Crippen molar-refractivity contribution in [2.75, 3.05) is 26.0 Å². The highest BCUT2D eigenvalue weighted by atomic mass is 32.2. The first-order valence-corrected chi connectivity index (χ1v) is 8.16. The lowest BCUT2D eigenvalue weighted by atomic mass is 9.96. The van der Waals surface area contributed by atoms with E-state index in [0.717, 1.165) is 18.8 Å². The topological polar surface area (TPSA) is 47.6 Å². The number of hydrogen-bond acceptors (Lipinski definition) is 5. The number of ether oxygens (including phenoxy) is 2. The normalized spacial score (nSPS) is 23.9. The lowest BCUT2D eigenvalue weighted by molar-refractivity contribution is -0.150. The molecule has 19 heavy (non-hydrogen) atoms. The molecule has 0 radical (unpaired) electrons. The molecular weight excluding hydrogens is 262 g/mol. The van der Waals surface area contributed by atoms with Crippen LogP contribution in [0.5, 0.6) is 0 Å². The number of esters is 1. The third-order valence-electron chi connectivity index (χ3n) is 3.56. The van der Waals surface area contributed by atoms with Gasteiger partial charge in [-0.25, -0.2) is 0 Å². The Hall–Kier alpha value is -0.260. The number of thioether (sulfide) groups is 1. The van der Waals surface area contributed by atoms with Gasteiger partial charge in [-0.2, -0.15) is 11.8 Å². The molecule has 0 aromatic rings. The molecule has 1 heterocycles. The van der Waals surface area contributed by atoms with E-state index in [1.165, 1.54) is 12.8 Å². The van der Waals surface area contributed by atoms with Crippen molar-refractivity contribution in [2.45, 2.75) is 56.9 Å². The molecule has 1 saturated heterocycles. The summed E-state index contributed by atoms with van der Waals surface area (Å²) in [6.45, 7) is 7.23. The Morgan fingerprint density at radius 2 is 2.37 bits per heavy atom. The molecule has 0 amide bonds. The second-order valence-corrected chi connectivity index (χ2v) is 6.76. The summed E-state index contributed by atoms with van der Waals surface area (Å²) in [4.78, 5) is 12.0. The molecular formula is C14H27NO3S. The van der Waals surface area contributed by atoms with Gasteiger partial charge in [0, 0.05) is 17.6 Å². The maximum atomic E-state index is 12.0. The van der Waals surface area contributed by atoms with Crippen molar-refractivity contribution in [3.8, 4) is 0 Å². The van der Waals surface area contributed by atoms with Gasteiger partial charge >= 0.3 is 5.97 Å². The van der Waals surface area contributed by atoms with Gasteiger partial charge in [-0.1, -0.05) is 6.92 Å². The van der Waals surface area contributed by atoms with E-state index < -0.39 is 5.54 Å². The number of likely N-dealkylation sites (N-methyl/N-ethyl adjacent to an activating group) is 1. The molecule has 0 aliphatic carbocycles. The van der Waals surface area contributed by atoms with Crippen LogP contribution < -0.4 is 5.32 Å². The molecule has 3 atom stereocenters. The van der Waals surface area contributed by atoms with E-state index in [9.17, 15) is 4.79 Å². The van der Waals surface area contributed by atoms with E-state index >= 15 is 0 Å². The average Bonchev–Trinajstić information content (AvgIpc) is 2.89. The Balaban J connectivity index is 2.38. The fourth-order valence-electron chi connectivity index (χ4n) is 2.26. The molecule has 0 bridgehead atoms. The molecule has 0 aromatic carbocycles. The zero-order chi connectivity index (χ0) is 14.3. The Labute approximate surface area is 121 Å². The van der Waals surface area contributed by atoms with Gasteiger partial charge in [0.2, 0.25) is 0 Å². The van der Waals surface area contributed by atoms with Gasteiger partial charge in [0.05, 0.1) is 12.7 Å². The van der Waals surface area contributed by atoms with Crippen LogP contribution in [0.2, 0.25) is 0 Å². The molecule has 3 unspecified atom stereocenters. The van der Waals surface area contributed by atoms with Crippen LogP contribution in [0.25, 0.3) is 0 Å². The van der Waals surface area contributed by atoms with E-state index in [4.69, 9.17) is 9.47 Å². The Morgan fingerprint density at radius 3 is 2.89 bits per heavy atom. The molecule has 1 fully saturated rings. The van der Waals surface area contributed by atoms with Crippen molar-refractivity contribution in [1.82, 2.24) is 5.32 Å². The van der Waals surface area contributed by atoms with Gasteiger partial charge in [0.1, 0.15) is 5.54 Å². The summed E-state index contributed by atoms with van der Waals surface area (Å²) >= 11 is 1.88. The van der Waals surface area contributed by atoms with Crippen molar-refractivity contribution in [2.24, 2.45) is 0 Å². The predicted octanol–water partition coefficient (Wildman–Crippen LogP) is 2.22. The quantitative estimate of drug-likeness (QED) is 0.694. The van der Waals surface area contributed by atoms with Crippen LogP contribution in [0.4, 0.5) is 0 Å². The van der Waals surface area contributed by atoms with Crippen LogP contribution in [-0.2, 0) is 14.3 Å². The zero-order valence-corrected chi connectivity index (χ0v) is 13.3. The summed E-state index contributed by atoms with van der Waals surface area (Å²) in [5, 5.41) is 3.50. The molecule has 5 heteroatoms. The predicted molar refractivity (Wildman–Crippen MR) is 79.6 cm³/mol. The second-order valence-electron chi connectivity index (χ2n) is 5.29. The van der Waals surface area contributed by atoms with E-state index in [0.29, 0.717) is 18.0 Å². The van der Waals surface area contributed by atoms with E-state index in [2.05, 4.69) is 12.2 Å². The molecule has 4 nitrogen and oxygen atoms in total. The number of carbonyl (C=O) groups excluding carboxylic acids is 1. The standard InChI is InChI=1S/C14H27NO3S/c1-5-17-13(16)14(3,15-4)9-11(2)19-10-12-7-6-8-18-12/h11-12,15H,5-10H2,1-4H3. The molecule has 0 aromatic heterocycles. The van der Waals surface area contributed by atoms with Crippen LogP contribution >= 0.6 is 11.8 Å². The van der Waals surface area contributed by atoms with E-state index in [1.807, 2.05) is 32.7 Å². The summed E-state index contributed by atoms with van der Waals surface area (Å²) in [7, 11) is 1.81. The van der Waals surface area contributed by atoms with Crippen LogP contribution in [0.15, 0.2) is 0 Å². The maximum Gasteiger partial charge on any atom is 0.326 e. The Morgan fingerprint density at radius 1 is 1.63 bits per heavy atom. The van der Waals surface area contributed by atoms with Gasteiger partial charge < -0.3 is 14.8 Å². The van der Waals surface area contributed by atoms with E-state index in [-0.39, 0.29) is 5.97 Å². The third-order valence-corrected chi connectivity index (χ3v) is 4.86. The minimum Gasteiger partial charge on any atom is -0.465 e. The molecule has 112 valence electrons. The van der Waals surface area contributed by atoms with Crippen molar-refractivity contribution >= 4 is 17.7 Å². The molecule has 1 aliphatic rings. The van der Waals surface area contributed by atoms with Gasteiger partial charge in [-0.15, -0.1) is 0 Å². The summed E-state index contributed by atoms with van der Waals surface area (Å²) in [5.74, 6) is 0.853. The monoisotopic (exact) mass is 289 g/mol. The lowest BCUT2D eigenvalue weighted by Crippen LogP contribution is -2.50. The molecule has 1 aliphatic heterocycles. The van der Waals surface area contributed by atoms with Gasteiger partial charge in [-0.05, 0) is 40.2 Å². The van der Waals surface area contributed by atoms with Crippen LogP contribution in [0, 0.1) is 0 Å². The second kappa shape index (κ2) is 8.12. The first kappa shape index (κ1) is 16.8. The zero-order valence-electron chi connectivity index (χ0n) is 12.5. The minimum absolute atomic E-state index is 0.165. The lowest BCUT2D eigenvalue weighted by Gasteiger charge is -2.29. The summed E-state index contributed by atoms with van der Waals surface area (Å²) in [6.07, 6.45) is 3.51. The number of carbonyl (C=O) groups is 1. The molecule has 1 N–H and O–H groups in total. The Kier molecular flexibility index (Phi) is 7.18. The smallest absolute Gasteiger partial charge is 0.326 e. The highest BCUT2D eigenvalue weighted by molar-refractivity contribution is 7.99. The van der Waals surface area contributed by atoms with Crippen LogP contribution in [-0.4, -0.2) is 48.9 Å². The summed E-state index contributed by atoms with van der Waals surface area (Å²) in [6, 6.07) is 0. The number of rotatable bonds is 8. The van der Waals surface area contributed by atoms with Crippen LogP contribution in [0.1, 0.15) is 40.0 Å². The van der Waals surface area contributed by atoms with Crippen LogP contribution in [0.3, 0.4) is 0 Å². The Bertz CT molecular complexity index is 282. The molecule has 0 spiro atoms. The fraction of sp³-hybridized carbons (Fsp3) is 0.929. The van der Waals surface area contributed by atoms with Crippen molar-refractivity contribution < 1.29 is 14.3 Å². The SMILES string of the molecule is CCOC(=O)C(C)(CC(C)SCC1CCCO1)NC. The van der Waals surface area contributed by atoms with Gasteiger partial charge in [-0.3, -0.25) is 4.79 Å². The van der Waals surface area contributed by atoms with Crippen molar-refractivity contribution in [3.05, 3.63) is 0 Å². The maximum absolute atomic E-state index is 12.0. The van der Waals surface area contributed by atoms with E-state index in [1.54, 1.807) is 0 Å². The summed E-state index contributed by atoms with van der Waals surface area (Å²) in [5.41, 5.74) is -0.598. The average molecular weight is 289 g/mol. The number of hydrogen-bond donors (Lipinski definition) is 1. The molecule has 0 saturated carbocycles. The third kappa shape index (κ3) is 5.32. The van der Waals surface area contributed by atoms with Gasteiger partial charge in [0.15, 0.2) is 0 Å². The van der Waals surface area contributed by atoms with Crippen molar-refractivity contribution in [3.63, 3.8) is 0 Å². The van der Waals surface area contributed by atoms with Crippen molar-refractivity contribution in [1.29, 1.82) is 0 Å². The first-order valence-electron chi connectivity index (χ1n) is 7.11. The minimum atomic E-state index is -0.598. The fourth-order valence-corrected chi connectivity index (χ4v) is 3.52.